The zero-order valence-corrected chi connectivity index (χ0v) is 11.1. The van der Waals surface area contributed by atoms with E-state index in [1.54, 1.807) is 11.3 Å². The van der Waals surface area contributed by atoms with Crippen molar-refractivity contribution < 1.29 is 0 Å². The lowest BCUT2D eigenvalue weighted by molar-refractivity contribution is 0.448. The number of hydrogen-bond donors (Lipinski definition) is 2. The number of nitrogens with one attached hydrogen (secondary N) is 1. The van der Waals surface area contributed by atoms with Gasteiger partial charge in [0.1, 0.15) is 5.01 Å². The maximum atomic E-state index is 5.72. The van der Waals surface area contributed by atoms with Crippen LogP contribution in [0.15, 0.2) is 11.6 Å². The molecular formula is C12H23N3S. The van der Waals surface area contributed by atoms with Crippen molar-refractivity contribution in [1.82, 2.24) is 10.3 Å². The molecule has 0 aliphatic carbocycles. The second kappa shape index (κ2) is 7.76. The van der Waals surface area contributed by atoms with Gasteiger partial charge in [-0.05, 0) is 32.2 Å². The molecular weight excluding hydrogens is 218 g/mol. The number of nitrogens with two attached hydrogens (primary N) is 1. The van der Waals surface area contributed by atoms with Crippen LogP contribution in [0.2, 0.25) is 0 Å². The Kier molecular flexibility index (Phi) is 6.61. The van der Waals surface area contributed by atoms with Gasteiger partial charge in [0.2, 0.25) is 0 Å². The molecule has 92 valence electrons. The van der Waals surface area contributed by atoms with Gasteiger partial charge in [0.25, 0.3) is 0 Å². The SMILES string of the molecule is CC(N)CCCC(C)CNCc1nccs1. The molecule has 0 aliphatic rings. The van der Waals surface area contributed by atoms with Gasteiger partial charge < -0.3 is 11.1 Å². The molecule has 2 atom stereocenters. The average Bonchev–Trinajstić information content (AvgIpc) is 2.70. The number of hydrogen-bond acceptors (Lipinski definition) is 4. The third kappa shape index (κ3) is 6.20. The molecule has 1 aromatic rings. The minimum atomic E-state index is 0.343. The van der Waals surface area contributed by atoms with Gasteiger partial charge in [-0.2, -0.15) is 0 Å². The normalized spacial score (nSPS) is 14.9. The molecule has 3 N–H and O–H groups in total. The van der Waals surface area contributed by atoms with Crippen molar-refractivity contribution in [3.8, 4) is 0 Å². The van der Waals surface area contributed by atoms with E-state index in [9.17, 15) is 0 Å². The molecule has 0 aliphatic heterocycles. The third-order valence-electron chi connectivity index (χ3n) is 2.61. The van der Waals surface area contributed by atoms with E-state index in [0.717, 1.165) is 25.4 Å². The van der Waals surface area contributed by atoms with Crippen LogP contribution in [-0.4, -0.2) is 17.6 Å². The second-order valence-corrected chi connectivity index (χ2v) is 5.55. The lowest BCUT2D eigenvalue weighted by atomic mass is 10.0. The van der Waals surface area contributed by atoms with Gasteiger partial charge in [-0.15, -0.1) is 11.3 Å². The van der Waals surface area contributed by atoms with Crippen LogP contribution in [0, 0.1) is 5.92 Å². The number of thiazole rings is 1. The first-order valence-corrected chi connectivity index (χ1v) is 6.91. The van der Waals surface area contributed by atoms with E-state index in [2.05, 4.69) is 24.1 Å². The molecule has 1 aromatic heterocycles. The van der Waals surface area contributed by atoms with E-state index in [1.807, 2.05) is 11.6 Å². The molecule has 0 amide bonds. The molecule has 3 nitrogen and oxygen atoms in total. The Morgan fingerprint density at radius 1 is 1.44 bits per heavy atom. The van der Waals surface area contributed by atoms with E-state index < -0.39 is 0 Å². The first-order chi connectivity index (χ1) is 7.68. The molecule has 4 heteroatoms. The fourth-order valence-corrected chi connectivity index (χ4v) is 2.24. The van der Waals surface area contributed by atoms with Crippen molar-refractivity contribution in [1.29, 1.82) is 0 Å². The molecule has 0 bridgehead atoms. The molecule has 2 unspecified atom stereocenters. The number of nitrogens with zero attached hydrogens (tertiary/aromatic N) is 1. The summed E-state index contributed by atoms with van der Waals surface area (Å²) in [5.41, 5.74) is 5.72. The Balaban J connectivity index is 2.00. The fraction of sp³-hybridized carbons (Fsp3) is 0.750. The highest BCUT2D eigenvalue weighted by atomic mass is 32.1. The minimum absolute atomic E-state index is 0.343. The van der Waals surface area contributed by atoms with E-state index in [1.165, 1.54) is 17.8 Å². The van der Waals surface area contributed by atoms with Crippen LogP contribution >= 0.6 is 11.3 Å². The molecule has 0 saturated carbocycles. The fourth-order valence-electron chi connectivity index (χ4n) is 1.66. The predicted molar refractivity (Wildman–Crippen MR) is 70.5 cm³/mol. The Morgan fingerprint density at radius 2 is 2.25 bits per heavy atom. The molecule has 16 heavy (non-hydrogen) atoms. The first-order valence-electron chi connectivity index (χ1n) is 6.03. The van der Waals surface area contributed by atoms with Crippen LogP contribution in [0.25, 0.3) is 0 Å². The van der Waals surface area contributed by atoms with Gasteiger partial charge in [-0.1, -0.05) is 13.3 Å². The van der Waals surface area contributed by atoms with Crippen molar-refractivity contribution in [2.24, 2.45) is 11.7 Å². The van der Waals surface area contributed by atoms with E-state index >= 15 is 0 Å². The summed E-state index contributed by atoms with van der Waals surface area (Å²) >= 11 is 1.71. The standard InChI is InChI=1S/C12H23N3S/c1-10(4-3-5-11(2)13)8-14-9-12-15-6-7-16-12/h6-7,10-11,14H,3-5,8-9,13H2,1-2H3. The lowest BCUT2D eigenvalue weighted by Gasteiger charge is -2.12. The van der Waals surface area contributed by atoms with Crippen molar-refractivity contribution in [2.45, 2.75) is 45.7 Å². The Hall–Kier alpha value is -0.450. The number of rotatable bonds is 8. The molecule has 0 fully saturated rings. The van der Waals surface area contributed by atoms with Crippen LogP contribution in [0.1, 0.15) is 38.1 Å². The topological polar surface area (TPSA) is 50.9 Å². The van der Waals surface area contributed by atoms with Gasteiger partial charge >= 0.3 is 0 Å². The highest BCUT2D eigenvalue weighted by Gasteiger charge is 2.03. The summed E-state index contributed by atoms with van der Waals surface area (Å²) in [4.78, 5) is 4.24. The second-order valence-electron chi connectivity index (χ2n) is 4.57. The molecule has 1 heterocycles. The van der Waals surface area contributed by atoms with E-state index in [0.29, 0.717) is 6.04 Å². The first kappa shape index (κ1) is 13.6. The molecule has 1 rings (SSSR count). The molecule has 0 radical (unpaired) electrons. The quantitative estimate of drug-likeness (QED) is 0.735. The Bertz CT molecular complexity index is 259. The highest BCUT2D eigenvalue weighted by molar-refractivity contribution is 7.09. The monoisotopic (exact) mass is 241 g/mol. The van der Waals surface area contributed by atoms with Crippen molar-refractivity contribution in [3.63, 3.8) is 0 Å². The van der Waals surface area contributed by atoms with Crippen LogP contribution < -0.4 is 11.1 Å². The van der Waals surface area contributed by atoms with Crippen LogP contribution in [0.3, 0.4) is 0 Å². The van der Waals surface area contributed by atoms with Crippen LogP contribution in [0.5, 0.6) is 0 Å². The molecule has 0 saturated heterocycles. The summed E-state index contributed by atoms with van der Waals surface area (Å²) in [5.74, 6) is 0.721. The van der Waals surface area contributed by atoms with Gasteiger partial charge in [-0.25, -0.2) is 4.98 Å². The smallest absolute Gasteiger partial charge is 0.106 e. The van der Waals surface area contributed by atoms with Crippen LogP contribution in [0.4, 0.5) is 0 Å². The molecule has 0 aromatic carbocycles. The summed E-state index contributed by atoms with van der Waals surface area (Å²) in [5, 5.41) is 6.63. The zero-order valence-electron chi connectivity index (χ0n) is 10.3. The van der Waals surface area contributed by atoms with Crippen molar-refractivity contribution in [3.05, 3.63) is 16.6 Å². The highest BCUT2D eigenvalue weighted by Crippen LogP contribution is 2.08. The van der Waals surface area contributed by atoms with Gasteiger partial charge in [0, 0.05) is 24.2 Å². The largest absolute Gasteiger partial charge is 0.328 e. The van der Waals surface area contributed by atoms with Crippen LogP contribution in [-0.2, 0) is 6.54 Å². The summed E-state index contributed by atoms with van der Waals surface area (Å²) < 4.78 is 0. The van der Waals surface area contributed by atoms with Gasteiger partial charge in [0.05, 0.1) is 0 Å². The van der Waals surface area contributed by atoms with Crippen molar-refractivity contribution >= 4 is 11.3 Å². The van der Waals surface area contributed by atoms with Crippen molar-refractivity contribution in [2.75, 3.05) is 6.54 Å². The lowest BCUT2D eigenvalue weighted by Crippen LogP contribution is -2.21. The van der Waals surface area contributed by atoms with E-state index in [-0.39, 0.29) is 0 Å². The summed E-state index contributed by atoms with van der Waals surface area (Å²) in [6.45, 7) is 6.33. The maximum absolute atomic E-state index is 5.72. The zero-order chi connectivity index (χ0) is 11.8. The third-order valence-corrected chi connectivity index (χ3v) is 3.39. The summed E-state index contributed by atoms with van der Waals surface area (Å²) in [6, 6.07) is 0.343. The number of aromatic nitrogens is 1. The van der Waals surface area contributed by atoms with E-state index in [4.69, 9.17) is 5.73 Å². The Labute approximate surface area is 102 Å². The predicted octanol–water partition coefficient (Wildman–Crippen LogP) is 2.39. The average molecular weight is 241 g/mol. The van der Waals surface area contributed by atoms with Gasteiger partial charge in [0.15, 0.2) is 0 Å². The Morgan fingerprint density at radius 3 is 2.88 bits per heavy atom. The minimum Gasteiger partial charge on any atom is -0.328 e. The maximum Gasteiger partial charge on any atom is 0.106 e. The summed E-state index contributed by atoms with van der Waals surface area (Å²) in [7, 11) is 0. The summed E-state index contributed by atoms with van der Waals surface area (Å²) in [6.07, 6.45) is 5.48. The van der Waals surface area contributed by atoms with Gasteiger partial charge in [-0.3, -0.25) is 0 Å². The molecule has 0 spiro atoms.